The van der Waals surface area contributed by atoms with E-state index in [0.29, 0.717) is 11.9 Å². The van der Waals surface area contributed by atoms with Gasteiger partial charge in [0.1, 0.15) is 24.4 Å². The second-order valence-electron chi connectivity index (χ2n) is 6.43. The molecule has 6 heteroatoms. The molecular formula is C16H23N3O3. The van der Waals surface area contributed by atoms with Gasteiger partial charge >= 0.3 is 0 Å². The third-order valence-corrected chi connectivity index (χ3v) is 4.85. The summed E-state index contributed by atoms with van der Waals surface area (Å²) in [7, 11) is 1.63. The zero-order valence-electron chi connectivity index (χ0n) is 13.0. The minimum absolute atomic E-state index is 0.145. The molecule has 0 spiro atoms. The molecule has 0 N–H and O–H groups in total. The van der Waals surface area contributed by atoms with Crippen molar-refractivity contribution >= 4 is 5.82 Å². The fourth-order valence-electron chi connectivity index (χ4n) is 3.46. The summed E-state index contributed by atoms with van der Waals surface area (Å²) < 4.78 is 17.4. The predicted molar refractivity (Wildman–Crippen MR) is 81.2 cm³/mol. The van der Waals surface area contributed by atoms with Crippen molar-refractivity contribution < 1.29 is 14.2 Å². The number of aromatic nitrogens is 2. The van der Waals surface area contributed by atoms with E-state index in [-0.39, 0.29) is 12.2 Å². The van der Waals surface area contributed by atoms with E-state index in [1.165, 1.54) is 12.8 Å². The van der Waals surface area contributed by atoms with Crippen molar-refractivity contribution in [1.29, 1.82) is 0 Å². The molecule has 2 saturated heterocycles. The van der Waals surface area contributed by atoms with Crippen LogP contribution in [0, 0.1) is 5.92 Å². The Balaban J connectivity index is 1.52. The molecule has 120 valence electrons. The van der Waals surface area contributed by atoms with Crippen LogP contribution in [0.25, 0.3) is 0 Å². The Morgan fingerprint density at radius 1 is 1.32 bits per heavy atom. The highest BCUT2D eigenvalue weighted by Crippen LogP contribution is 2.36. The molecular weight excluding hydrogens is 282 g/mol. The first kappa shape index (κ1) is 14.2. The van der Waals surface area contributed by atoms with Crippen LogP contribution in [0.5, 0.6) is 5.88 Å². The molecule has 1 saturated carbocycles. The summed E-state index contributed by atoms with van der Waals surface area (Å²) in [5.74, 6) is 2.28. The lowest BCUT2D eigenvalue weighted by Crippen LogP contribution is -2.42. The maximum atomic E-state index is 6.16. The van der Waals surface area contributed by atoms with Crippen molar-refractivity contribution in [2.45, 2.75) is 43.9 Å². The van der Waals surface area contributed by atoms with Crippen molar-refractivity contribution in [2.75, 3.05) is 31.8 Å². The Hall–Kier alpha value is -1.40. The molecule has 0 aromatic carbocycles. The third-order valence-electron chi connectivity index (χ3n) is 4.85. The number of hydrogen-bond donors (Lipinski definition) is 0. The Labute approximate surface area is 130 Å². The molecule has 1 aromatic heterocycles. The Kier molecular flexibility index (Phi) is 3.88. The molecule has 3 fully saturated rings. The van der Waals surface area contributed by atoms with Crippen LogP contribution >= 0.6 is 0 Å². The van der Waals surface area contributed by atoms with Crippen LogP contribution in [0.1, 0.15) is 25.7 Å². The Morgan fingerprint density at radius 2 is 2.23 bits per heavy atom. The van der Waals surface area contributed by atoms with Gasteiger partial charge in [-0.05, 0) is 31.6 Å². The smallest absolute Gasteiger partial charge is 0.218 e. The molecule has 3 aliphatic rings. The lowest BCUT2D eigenvalue weighted by molar-refractivity contribution is -0.0753. The largest absolute Gasteiger partial charge is 0.481 e. The minimum Gasteiger partial charge on any atom is -0.481 e. The van der Waals surface area contributed by atoms with Crippen LogP contribution in [0.2, 0.25) is 0 Å². The molecule has 22 heavy (non-hydrogen) atoms. The average Bonchev–Trinajstić information content (AvgIpc) is 3.33. The van der Waals surface area contributed by atoms with Gasteiger partial charge in [0.05, 0.1) is 13.2 Å². The molecule has 0 radical (unpaired) electrons. The summed E-state index contributed by atoms with van der Waals surface area (Å²) in [5.41, 5.74) is 0. The number of fused-ring (bicyclic) bond motifs is 1. The minimum atomic E-state index is 0.145. The number of anilines is 1. The lowest BCUT2D eigenvalue weighted by atomic mass is 10.0. The molecule has 3 atom stereocenters. The van der Waals surface area contributed by atoms with Crippen molar-refractivity contribution in [2.24, 2.45) is 5.92 Å². The topological polar surface area (TPSA) is 56.7 Å². The quantitative estimate of drug-likeness (QED) is 0.824. The van der Waals surface area contributed by atoms with Gasteiger partial charge in [-0.1, -0.05) is 0 Å². The molecule has 0 amide bonds. The van der Waals surface area contributed by atoms with Crippen LogP contribution in [0.3, 0.4) is 0 Å². The van der Waals surface area contributed by atoms with E-state index in [2.05, 4.69) is 14.9 Å². The standard InChI is InChI=1S/C16H23N3O3/c1-20-15-7-14(17-10-18-15)19-8-13(22-9-11-4-5-11)16-12(19)3-2-6-21-16/h7,10-13,16H,2-6,8-9H2,1H3/t12-,13+,16+/m1/s1. The zero-order valence-corrected chi connectivity index (χ0v) is 13.0. The molecule has 1 aromatic rings. The highest BCUT2D eigenvalue weighted by Gasteiger charge is 2.45. The number of methoxy groups -OCH3 is 1. The highest BCUT2D eigenvalue weighted by molar-refractivity contribution is 5.45. The van der Waals surface area contributed by atoms with Gasteiger partial charge in [0, 0.05) is 25.8 Å². The maximum absolute atomic E-state index is 6.16. The van der Waals surface area contributed by atoms with Gasteiger partial charge in [-0.3, -0.25) is 0 Å². The summed E-state index contributed by atoms with van der Waals surface area (Å²) in [5, 5.41) is 0. The summed E-state index contributed by atoms with van der Waals surface area (Å²) in [4.78, 5) is 10.8. The molecule has 3 heterocycles. The van der Waals surface area contributed by atoms with E-state index >= 15 is 0 Å². The van der Waals surface area contributed by atoms with E-state index < -0.39 is 0 Å². The summed E-state index contributed by atoms with van der Waals surface area (Å²) in [6, 6.07) is 2.24. The second kappa shape index (κ2) is 6.01. The van der Waals surface area contributed by atoms with Crippen LogP contribution in [0.4, 0.5) is 5.82 Å². The van der Waals surface area contributed by atoms with E-state index in [0.717, 1.165) is 44.3 Å². The normalized spacial score (nSPS) is 31.1. The predicted octanol–water partition coefficient (Wildman–Crippen LogP) is 1.65. The summed E-state index contributed by atoms with van der Waals surface area (Å²) in [6.07, 6.45) is 6.71. The van der Waals surface area contributed by atoms with Gasteiger partial charge in [0.2, 0.25) is 5.88 Å². The van der Waals surface area contributed by atoms with Crippen molar-refractivity contribution in [1.82, 2.24) is 9.97 Å². The van der Waals surface area contributed by atoms with E-state index in [1.54, 1.807) is 13.4 Å². The highest BCUT2D eigenvalue weighted by atomic mass is 16.5. The summed E-state index contributed by atoms with van der Waals surface area (Å²) >= 11 is 0. The first-order chi connectivity index (χ1) is 10.8. The molecule has 6 nitrogen and oxygen atoms in total. The van der Waals surface area contributed by atoms with Crippen molar-refractivity contribution in [3.05, 3.63) is 12.4 Å². The van der Waals surface area contributed by atoms with E-state index in [9.17, 15) is 0 Å². The molecule has 0 bridgehead atoms. The zero-order chi connectivity index (χ0) is 14.9. The third kappa shape index (κ3) is 2.77. The second-order valence-corrected chi connectivity index (χ2v) is 6.43. The van der Waals surface area contributed by atoms with Crippen LogP contribution < -0.4 is 9.64 Å². The Bertz CT molecular complexity index is 523. The molecule has 2 aliphatic heterocycles. The fraction of sp³-hybridized carbons (Fsp3) is 0.750. The molecule has 1 aliphatic carbocycles. The first-order valence-corrected chi connectivity index (χ1v) is 8.21. The number of rotatable bonds is 5. The van der Waals surface area contributed by atoms with E-state index in [1.807, 2.05) is 6.07 Å². The number of nitrogens with zero attached hydrogens (tertiary/aromatic N) is 3. The van der Waals surface area contributed by atoms with Crippen molar-refractivity contribution in [3.8, 4) is 5.88 Å². The maximum Gasteiger partial charge on any atom is 0.218 e. The van der Waals surface area contributed by atoms with Crippen molar-refractivity contribution in [3.63, 3.8) is 0 Å². The van der Waals surface area contributed by atoms with Gasteiger partial charge in [-0.15, -0.1) is 0 Å². The molecule has 4 rings (SSSR count). The summed E-state index contributed by atoms with van der Waals surface area (Å²) in [6.45, 7) is 2.55. The fourth-order valence-corrected chi connectivity index (χ4v) is 3.46. The van der Waals surface area contributed by atoms with Crippen LogP contribution in [-0.2, 0) is 9.47 Å². The van der Waals surface area contributed by atoms with Crippen LogP contribution in [0.15, 0.2) is 12.4 Å². The number of ether oxygens (including phenoxy) is 3. The average molecular weight is 305 g/mol. The van der Waals surface area contributed by atoms with Gasteiger partial charge in [0.25, 0.3) is 0 Å². The number of hydrogen-bond acceptors (Lipinski definition) is 6. The van der Waals surface area contributed by atoms with Gasteiger partial charge in [0.15, 0.2) is 0 Å². The van der Waals surface area contributed by atoms with E-state index in [4.69, 9.17) is 14.2 Å². The Morgan fingerprint density at radius 3 is 3.05 bits per heavy atom. The first-order valence-electron chi connectivity index (χ1n) is 8.21. The monoisotopic (exact) mass is 305 g/mol. The van der Waals surface area contributed by atoms with Crippen LogP contribution in [-0.4, -0.2) is 55.1 Å². The molecule has 0 unspecified atom stereocenters. The van der Waals surface area contributed by atoms with Gasteiger partial charge < -0.3 is 19.1 Å². The SMILES string of the molecule is COc1cc(N2C[C@H](OCC3CC3)[C@H]3OCCC[C@H]32)ncn1. The van der Waals surface area contributed by atoms with Gasteiger partial charge in [-0.2, -0.15) is 0 Å². The van der Waals surface area contributed by atoms with Gasteiger partial charge in [-0.25, -0.2) is 9.97 Å². The lowest BCUT2D eigenvalue weighted by Gasteiger charge is -2.32.